The summed E-state index contributed by atoms with van der Waals surface area (Å²) in [6.07, 6.45) is 2.97. The van der Waals surface area contributed by atoms with E-state index in [1.165, 1.54) is 37.5 Å². The summed E-state index contributed by atoms with van der Waals surface area (Å²) in [5.41, 5.74) is 2.81. The van der Waals surface area contributed by atoms with Gasteiger partial charge in [-0.25, -0.2) is 0 Å². The van der Waals surface area contributed by atoms with Crippen molar-refractivity contribution in [2.75, 3.05) is 12.4 Å². The normalized spacial score (nSPS) is 11.1. The lowest BCUT2D eigenvalue weighted by Crippen LogP contribution is -2.08. The van der Waals surface area contributed by atoms with Gasteiger partial charge in [0.05, 0.1) is 18.4 Å². The molecule has 9 heteroatoms. The standard InChI is InChI=1S/C23H22F2N2O5/c1-14-19(15(2)32-27-14)13-30-20-10-4-16(12-21(20)29-3)5-11-22(28)26-17-6-8-18(9-7-17)31-23(24)25/h4-12,23H,13H2,1-3H3,(H,26,28). The van der Waals surface area contributed by atoms with Crippen molar-refractivity contribution in [3.8, 4) is 17.2 Å². The zero-order valence-corrected chi connectivity index (χ0v) is 17.7. The van der Waals surface area contributed by atoms with Gasteiger partial charge in [-0.15, -0.1) is 0 Å². The second-order valence-electron chi connectivity index (χ2n) is 6.73. The first-order valence-corrected chi connectivity index (χ1v) is 9.62. The third kappa shape index (κ3) is 6.07. The number of ether oxygens (including phenoxy) is 3. The van der Waals surface area contributed by atoms with Gasteiger partial charge in [0, 0.05) is 11.8 Å². The molecule has 3 rings (SSSR count). The molecule has 1 amide bonds. The lowest BCUT2D eigenvalue weighted by molar-refractivity contribution is -0.111. The Morgan fingerprint density at radius 2 is 1.91 bits per heavy atom. The number of alkyl halides is 2. The second kappa shape index (κ2) is 10.4. The van der Waals surface area contributed by atoms with E-state index in [-0.39, 0.29) is 18.3 Å². The van der Waals surface area contributed by atoms with E-state index in [1.54, 1.807) is 24.3 Å². The summed E-state index contributed by atoms with van der Waals surface area (Å²) in [5, 5.41) is 6.54. The number of methoxy groups -OCH3 is 1. The maximum Gasteiger partial charge on any atom is 0.387 e. The number of halogens is 2. The number of nitrogens with zero attached hydrogens (tertiary/aromatic N) is 1. The van der Waals surface area contributed by atoms with Crippen LogP contribution in [0.1, 0.15) is 22.6 Å². The summed E-state index contributed by atoms with van der Waals surface area (Å²) in [7, 11) is 1.53. The molecule has 32 heavy (non-hydrogen) atoms. The number of nitrogens with one attached hydrogen (secondary N) is 1. The third-order valence-electron chi connectivity index (χ3n) is 4.52. The van der Waals surface area contributed by atoms with Crippen LogP contribution in [0.4, 0.5) is 14.5 Å². The fourth-order valence-corrected chi connectivity index (χ4v) is 2.84. The number of rotatable bonds is 9. The topological polar surface area (TPSA) is 82.8 Å². The number of aryl methyl sites for hydroxylation is 2. The molecule has 0 unspecified atom stereocenters. The van der Waals surface area contributed by atoms with Crippen molar-refractivity contribution in [1.29, 1.82) is 0 Å². The molecule has 0 aliphatic heterocycles. The van der Waals surface area contributed by atoms with E-state index in [0.717, 1.165) is 16.8 Å². The predicted molar refractivity (Wildman–Crippen MR) is 114 cm³/mol. The first-order chi connectivity index (χ1) is 15.4. The van der Waals surface area contributed by atoms with Gasteiger partial charge in [0.2, 0.25) is 5.91 Å². The molecule has 0 aliphatic rings. The number of amides is 1. The molecular formula is C23H22F2N2O5. The van der Waals surface area contributed by atoms with Gasteiger partial charge in [0.15, 0.2) is 11.5 Å². The smallest absolute Gasteiger partial charge is 0.387 e. The fourth-order valence-electron chi connectivity index (χ4n) is 2.84. The number of hydrogen-bond donors (Lipinski definition) is 1. The Balaban J connectivity index is 1.60. The van der Waals surface area contributed by atoms with Gasteiger partial charge in [-0.1, -0.05) is 11.2 Å². The molecule has 0 fully saturated rings. The molecule has 3 aromatic rings. The van der Waals surface area contributed by atoms with Crippen LogP contribution in [-0.2, 0) is 11.4 Å². The first kappa shape index (κ1) is 22.8. The highest BCUT2D eigenvalue weighted by Gasteiger charge is 2.12. The van der Waals surface area contributed by atoms with Crippen LogP contribution in [0.2, 0.25) is 0 Å². The van der Waals surface area contributed by atoms with Crippen molar-refractivity contribution >= 4 is 17.7 Å². The number of anilines is 1. The average Bonchev–Trinajstić information content (AvgIpc) is 3.09. The molecule has 0 atom stereocenters. The van der Waals surface area contributed by atoms with Crippen LogP contribution in [0.5, 0.6) is 17.2 Å². The Bertz CT molecular complexity index is 1070. The predicted octanol–water partition coefficient (Wildman–Crippen LogP) is 5.13. The largest absolute Gasteiger partial charge is 0.493 e. The summed E-state index contributed by atoms with van der Waals surface area (Å²) in [6, 6.07) is 10.9. The van der Waals surface area contributed by atoms with Gasteiger partial charge >= 0.3 is 6.61 Å². The highest BCUT2D eigenvalue weighted by molar-refractivity contribution is 6.01. The summed E-state index contributed by atoms with van der Waals surface area (Å²) < 4.78 is 45.0. The van der Waals surface area contributed by atoms with Crippen molar-refractivity contribution in [3.05, 3.63) is 71.1 Å². The molecule has 1 heterocycles. The first-order valence-electron chi connectivity index (χ1n) is 9.62. The fraction of sp³-hybridized carbons (Fsp3) is 0.217. The van der Waals surface area contributed by atoms with Crippen LogP contribution >= 0.6 is 0 Å². The zero-order valence-electron chi connectivity index (χ0n) is 17.7. The Hall–Kier alpha value is -3.88. The summed E-state index contributed by atoms with van der Waals surface area (Å²) >= 11 is 0. The van der Waals surface area contributed by atoms with Gasteiger partial charge in [-0.2, -0.15) is 8.78 Å². The van der Waals surface area contributed by atoms with E-state index < -0.39 is 6.61 Å². The minimum absolute atomic E-state index is 0.0114. The minimum atomic E-state index is -2.90. The van der Waals surface area contributed by atoms with E-state index in [4.69, 9.17) is 14.0 Å². The summed E-state index contributed by atoms with van der Waals surface area (Å²) in [4.78, 5) is 12.1. The van der Waals surface area contributed by atoms with Crippen LogP contribution in [0.3, 0.4) is 0 Å². The Kier molecular flexibility index (Phi) is 7.43. The minimum Gasteiger partial charge on any atom is -0.493 e. The number of carbonyl (C=O) groups excluding carboxylic acids is 1. The van der Waals surface area contributed by atoms with Crippen molar-refractivity contribution in [2.24, 2.45) is 0 Å². The Morgan fingerprint density at radius 3 is 2.53 bits per heavy atom. The molecule has 0 saturated heterocycles. The Morgan fingerprint density at radius 1 is 1.16 bits per heavy atom. The van der Waals surface area contributed by atoms with Crippen LogP contribution in [-0.4, -0.2) is 24.8 Å². The van der Waals surface area contributed by atoms with Gasteiger partial charge in [-0.3, -0.25) is 4.79 Å². The molecule has 0 spiro atoms. The number of hydrogen-bond acceptors (Lipinski definition) is 6. The molecule has 0 bridgehead atoms. The van der Waals surface area contributed by atoms with E-state index in [2.05, 4.69) is 15.2 Å². The maximum atomic E-state index is 12.2. The quantitative estimate of drug-likeness (QED) is 0.461. The van der Waals surface area contributed by atoms with E-state index in [0.29, 0.717) is 22.9 Å². The van der Waals surface area contributed by atoms with Crippen molar-refractivity contribution < 1.29 is 32.3 Å². The molecule has 7 nitrogen and oxygen atoms in total. The molecule has 0 radical (unpaired) electrons. The van der Waals surface area contributed by atoms with E-state index >= 15 is 0 Å². The average molecular weight is 444 g/mol. The molecule has 168 valence electrons. The van der Waals surface area contributed by atoms with E-state index in [9.17, 15) is 13.6 Å². The van der Waals surface area contributed by atoms with Crippen LogP contribution in [0.25, 0.3) is 6.08 Å². The van der Waals surface area contributed by atoms with Gasteiger partial charge < -0.3 is 24.1 Å². The molecule has 2 aromatic carbocycles. The van der Waals surface area contributed by atoms with Crippen LogP contribution < -0.4 is 19.5 Å². The zero-order chi connectivity index (χ0) is 23.1. The third-order valence-corrected chi connectivity index (χ3v) is 4.52. The number of aromatic nitrogens is 1. The van der Waals surface area contributed by atoms with Gasteiger partial charge in [-0.05, 0) is 61.9 Å². The number of benzene rings is 2. The maximum absolute atomic E-state index is 12.2. The number of carbonyl (C=O) groups is 1. The summed E-state index contributed by atoms with van der Waals surface area (Å²) in [5.74, 6) is 1.37. The van der Waals surface area contributed by atoms with Gasteiger partial charge in [0.1, 0.15) is 18.1 Å². The summed E-state index contributed by atoms with van der Waals surface area (Å²) in [6.45, 7) is 1.05. The Labute approximate surface area is 183 Å². The monoisotopic (exact) mass is 444 g/mol. The lowest BCUT2D eigenvalue weighted by Gasteiger charge is -2.11. The van der Waals surface area contributed by atoms with Crippen molar-refractivity contribution in [3.63, 3.8) is 0 Å². The molecule has 0 saturated carbocycles. The van der Waals surface area contributed by atoms with E-state index in [1.807, 2.05) is 13.8 Å². The second-order valence-corrected chi connectivity index (χ2v) is 6.73. The highest BCUT2D eigenvalue weighted by Crippen LogP contribution is 2.30. The van der Waals surface area contributed by atoms with Crippen molar-refractivity contribution in [2.45, 2.75) is 27.1 Å². The highest BCUT2D eigenvalue weighted by atomic mass is 19.3. The molecule has 1 aromatic heterocycles. The molecular weight excluding hydrogens is 422 g/mol. The lowest BCUT2D eigenvalue weighted by atomic mass is 10.1. The van der Waals surface area contributed by atoms with Crippen LogP contribution in [0, 0.1) is 13.8 Å². The SMILES string of the molecule is COc1cc(C=CC(=O)Nc2ccc(OC(F)F)cc2)ccc1OCc1c(C)noc1C. The van der Waals surface area contributed by atoms with Crippen molar-refractivity contribution in [1.82, 2.24) is 5.16 Å². The van der Waals surface area contributed by atoms with Crippen LogP contribution in [0.15, 0.2) is 53.1 Å². The van der Waals surface area contributed by atoms with Gasteiger partial charge in [0.25, 0.3) is 0 Å². The molecule has 1 N–H and O–H groups in total. The molecule has 0 aliphatic carbocycles.